The minimum Gasteiger partial charge on any atom is -0.377 e. The second-order valence-corrected chi connectivity index (χ2v) is 4.84. The summed E-state index contributed by atoms with van der Waals surface area (Å²) >= 11 is 6.10. The van der Waals surface area contributed by atoms with Crippen molar-refractivity contribution in [2.75, 3.05) is 5.32 Å². The van der Waals surface area contributed by atoms with Crippen LogP contribution < -0.4 is 5.32 Å². The molecule has 0 aromatic heterocycles. The molecule has 1 unspecified atom stereocenters. The Bertz CT molecular complexity index is 602. The fourth-order valence-electron chi connectivity index (χ4n) is 2.03. The van der Waals surface area contributed by atoms with Gasteiger partial charge in [-0.3, -0.25) is 10.1 Å². The van der Waals surface area contributed by atoms with Crippen LogP contribution in [-0.4, -0.2) is 4.92 Å². The molecule has 1 N–H and O–H groups in total. The van der Waals surface area contributed by atoms with Crippen molar-refractivity contribution >= 4 is 23.0 Å². The van der Waals surface area contributed by atoms with Gasteiger partial charge < -0.3 is 5.32 Å². The molecule has 20 heavy (non-hydrogen) atoms. The van der Waals surface area contributed by atoms with Gasteiger partial charge in [0.1, 0.15) is 0 Å². The molecule has 0 saturated heterocycles. The molecule has 0 spiro atoms. The molecule has 0 aliphatic heterocycles. The van der Waals surface area contributed by atoms with Gasteiger partial charge in [0, 0.05) is 12.1 Å². The van der Waals surface area contributed by atoms with Crippen molar-refractivity contribution in [2.45, 2.75) is 19.4 Å². The Kier molecular flexibility index (Phi) is 4.58. The van der Waals surface area contributed by atoms with Gasteiger partial charge in [-0.05, 0) is 18.1 Å². The summed E-state index contributed by atoms with van der Waals surface area (Å²) in [6, 6.07) is 14.4. The molecule has 5 heteroatoms. The number of nitro groups is 1. The van der Waals surface area contributed by atoms with Crippen LogP contribution >= 0.6 is 11.6 Å². The van der Waals surface area contributed by atoms with Crippen molar-refractivity contribution in [3.8, 4) is 0 Å². The highest BCUT2D eigenvalue weighted by molar-refractivity contribution is 6.33. The van der Waals surface area contributed by atoms with E-state index >= 15 is 0 Å². The minimum absolute atomic E-state index is 0.0276. The fourth-order valence-corrected chi connectivity index (χ4v) is 2.20. The molecule has 104 valence electrons. The van der Waals surface area contributed by atoms with E-state index in [-0.39, 0.29) is 11.7 Å². The van der Waals surface area contributed by atoms with E-state index in [2.05, 4.69) is 12.2 Å². The number of nitrogens with one attached hydrogen (secondary N) is 1. The molecule has 0 aliphatic rings. The average Bonchev–Trinajstić information content (AvgIpc) is 2.47. The summed E-state index contributed by atoms with van der Waals surface area (Å²) in [6.07, 6.45) is 0.850. The fraction of sp³-hybridized carbons (Fsp3) is 0.200. The van der Waals surface area contributed by atoms with Crippen molar-refractivity contribution < 1.29 is 4.92 Å². The van der Waals surface area contributed by atoms with E-state index in [1.165, 1.54) is 12.1 Å². The molecule has 0 fully saturated rings. The first-order valence-corrected chi connectivity index (χ1v) is 6.75. The average molecular weight is 291 g/mol. The van der Waals surface area contributed by atoms with Crippen LogP contribution in [0.4, 0.5) is 11.4 Å². The molecule has 0 radical (unpaired) electrons. The monoisotopic (exact) mass is 290 g/mol. The van der Waals surface area contributed by atoms with Crippen LogP contribution in [0.1, 0.15) is 24.9 Å². The number of hydrogen-bond donors (Lipinski definition) is 1. The van der Waals surface area contributed by atoms with Crippen LogP contribution in [0.15, 0.2) is 48.5 Å². The van der Waals surface area contributed by atoms with Gasteiger partial charge in [-0.25, -0.2) is 0 Å². The molecule has 2 aromatic carbocycles. The Labute approximate surface area is 122 Å². The normalized spacial score (nSPS) is 11.9. The van der Waals surface area contributed by atoms with Crippen molar-refractivity contribution in [1.29, 1.82) is 0 Å². The third kappa shape index (κ3) is 3.27. The van der Waals surface area contributed by atoms with Gasteiger partial charge in [-0.15, -0.1) is 0 Å². The van der Waals surface area contributed by atoms with Crippen LogP contribution in [0.2, 0.25) is 5.02 Å². The Morgan fingerprint density at radius 2 is 1.95 bits per heavy atom. The van der Waals surface area contributed by atoms with E-state index < -0.39 is 4.92 Å². The first-order chi connectivity index (χ1) is 9.61. The smallest absolute Gasteiger partial charge is 0.271 e. The van der Waals surface area contributed by atoms with Crippen molar-refractivity contribution in [3.63, 3.8) is 0 Å². The number of hydrogen-bond acceptors (Lipinski definition) is 3. The zero-order chi connectivity index (χ0) is 14.5. The minimum atomic E-state index is -0.426. The van der Waals surface area contributed by atoms with Crippen LogP contribution in [0.5, 0.6) is 0 Å². The van der Waals surface area contributed by atoms with Crippen molar-refractivity contribution in [3.05, 3.63) is 69.2 Å². The van der Waals surface area contributed by atoms with E-state index in [0.717, 1.165) is 12.0 Å². The summed E-state index contributed by atoms with van der Waals surface area (Å²) in [5.41, 5.74) is 1.73. The van der Waals surface area contributed by atoms with Gasteiger partial charge in [0.05, 0.1) is 21.7 Å². The van der Waals surface area contributed by atoms with E-state index in [1.807, 2.05) is 30.3 Å². The van der Waals surface area contributed by atoms with Gasteiger partial charge in [0.15, 0.2) is 0 Å². The van der Waals surface area contributed by atoms with E-state index in [9.17, 15) is 10.1 Å². The summed E-state index contributed by atoms with van der Waals surface area (Å²) in [5, 5.41) is 14.6. The topological polar surface area (TPSA) is 55.2 Å². The molecule has 1 atom stereocenters. The van der Waals surface area contributed by atoms with Gasteiger partial charge in [-0.1, -0.05) is 48.9 Å². The molecule has 0 saturated carbocycles. The Balaban J connectivity index is 2.28. The molecule has 0 amide bonds. The van der Waals surface area contributed by atoms with Crippen LogP contribution in [0.25, 0.3) is 0 Å². The van der Waals surface area contributed by atoms with Crippen LogP contribution in [-0.2, 0) is 0 Å². The molecule has 0 bridgehead atoms. The zero-order valence-corrected chi connectivity index (χ0v) is 11.8. The molecule has 2 aromatic rings. The van der Waals surface area contributed by atoms with E-state index in [0.29, 0.717) is 10.7 Å². The highest BCUT2D eigenvalue weighted by Gasteiger charge is 2.14. The van der Waals surface area contributed by atoms with Gasteiger partial charge >= 0.3 is 0 Å². The van der Waals surface area contributed by atoms with Crippen molar-refractivity contribution in [1.82, 2.24) is 0 Å². The molecular formula is C15H15ClN2O2. The lowest BCUT2D eigenvalue weighted by Crippen LogP contribution is -2.10. The van der Waals surface area contributed by atoms with E-state index in [4.69, 9.17) is 11.6 Å². The predicted octanol–water partition coefficient (Wildman–Crippen LogP) is 4.81. The standard InChI is InChI=1S/C15H15ClN2O2/c1-2-14(11-6-4-3-5-7-11)17-15-10-12(18(19)20)8-9-13(15)16/h3-10,14,17H,2H2,1H3. The quantitative estimate of drug-likeness (QED) is 0.635. The number of halogens is 1. The zero-order valence-electron chi connectivity index (χ0n) is 11.0. The number of non-ortho nitro benzene ring substituents is 1. The van der Waals surface area contributed by atoms with Crippen molar-refractivity contribution in [2.24, 2.45) is 0 Å². The third-order valence-electron chi connectivity index (χ3n) is 3.10. The van der Waals surface area contributed by atoms with Crippen LogP contribution in [0.3, 0.4) is 0 Å². The van der Waals surface area contributed by atoms with Crippen LogP contribution in [0, 0.1) is 10.1 Å². The maximum absolute atomic E-state index is 10.8. The maximum Gasteiger partial charge on any atom is 0.271 e. The number of anilines is 1. The second kappa shape index (κ2) is 6.39. The summed E-state index contributed by atoms with van der Waals surface area (Å²) in [7, 11) is 0. The highest BCUT2D eigenvalue weighted by Crippen LogP contribution is 2.31. The summed E-state index contributed by atoms with van der Waals surface area (Å²) in [5.74, 6) is 0. The number of benzene rings is 2. The Hall–Kier alpha value is -2.07. The molecular weight excluding hydrogens is 276 g/mol. The first-order valence-electron chi connectivity index (χ1n) is 6.37. The van der Waals surface area contributed by atoms with Gasteiger partial charge in [0.2, 0.25) is 0 Å². The summed E-state index contributed by atoms with van der Waals surface area (Å²) in [6.45, 7) is 2.05. The highest BCUT2D eigenvalue weighted by atomic mass is 35.5. The van der Waals surface area contributed by atoms with Gasteiger partial charge in [0.25, 0.3) is 5.69 Å². The van der Waals surface area contributed by atoms with E-state index in [1.54, 1.807) is 6.07 Å². The Morgan fingerprint density at radius 3 is 2.55 bits per heavy atom. The largest absolute Gasteiger partial charge is 0.377 e. The summed E-state index contributed by atoms with van der Waals surface area (Å²) < 4.78 is 0. The lowest BCUT2D eigenvalue weighted by Gasteiger charge is -2.19. The Morgan fingerprint density at radius 1 is 1.25 bits per heavy atom. The number of rotatable bonds is 5. The number of nitro benzene ring substituents is 1. The summed E-state index contributed by atoms with van der Waals surface area (Å²) in [4.78, 5) is 10.4. The predicted molar refractivity (Wildman–Crippen MR) is 81.2 cm³/mol. The first kappa shape index (κ1) is 14.3. The molecule has 2 rings (SSSR count). The SMILES string of the molecule is CCC(Nc1cc([N+](=O)[O-])ccc1Cl)c1ccccc1. The third-order valence-corrected chi connectivity index (χ3v) is 3.43. The van der Waals surface area contributed by atoms with Gasteiger partial charge in [-0.2, -0.15) is 0 Å². The number of nitrogens with zero attached hydrogens (tertiary/aromatic N) is 1. The lowest BCUT2D eigenvalue weighted by atomic mass is 10.0. The molecule has 4 nitrogen and oxygen atoms in total. The lowest BCUT2D eigenvalue weighted by molar-refractivity contribution is -0.384. The molecule has 0 heterocycles. The second-order valence-electron chi connectivity index (χ2n) is 4.44. The molecule has 0 aliphatic carbocycles. The maximum atomic E-state index is 10.8.